The maximum atomic E-state index is 12.0. The van der Waals surface area contributed by atoms with E-state index in [0.717, 1.165) is 0 Å². The van der Waals surface area contributed by atoms with Crippen LogP contribution in [0.3, 0.4) is 0 Å². The summed E-state index contributed by atoms with van der Waals surface area (Å²) in [7, 11) is 1.48. The second-order valence-corrected chi connectivity index (χ2v) is 4.21. The third kappa shape index (κ3) is 5.48. The molecule has 0 radical (unpaired) electrons. The molecule has 0 aliphatic carbocycles. The molecule has 0 fully saturated rings. The molecule has 0 aliphatic rings. The van der Waals surface area contributed by atoms with Crippen molar-refractivity contribution in [1.29, 1.82) is 5.41 Å². The Bertz CT molecular complexity index is 461. The van der Waals surface area contributed by atoms with Gasteiger partial charge in [0.1, 0.15) is 11.6 Å². The Kier molecular flexibility index (Phi) is 5.82. The Morgan fingerprint density at radius 2 is 2.05 bits per heavy atom. The number of amidine groups is 1. The van der Waals surface area contributed by atoms with Crippen molar-refractivity contribution in [3.8, 4) is 5.75 Å². The quantitative estimate of drug-likeness (QED) is 0.461. The summed E-state index contributed by atoms with van der Waals surface area (Å²) in [4.78, 5) is 0. The molecular formula is C13H17F3N2O2. The average Bonchev–Trinajstić information content (AvgIpc) is 2.36. The van der Waals surface area contributed by atoms with Gasteiger partial charge in [0.05, 0.1) is 13.7 Å². The summed E-state index contributed by atoms with van der Waals surface area (Å²) in [5.74, 6) is 0.455. The predicted octanol–water partition coefficient (Wildman–Crippen LogP) is 2.84. The topological polar surface area (TPSA) is 68.3 Å². The van der Waals surface area contributed by atoms with Crippen LogP contribution in [0.1, 0.15) is 24.0 Å². The van der Waals surface area contributed by atoms with Gasteiger partial charge in [0.2, 0.25) is 0 Å². The average molecular weight is 290 g/mol. The lowest BCUT2D eigenvalue weighted by Gasteiger charge is -2.11. The van der Waals surface area contributed by atoms with Crippen LogP contribution in [0.15, 0.2) is 18.2 Å². The number of hydrogen-bond acceptors (Lipinski definition) is 3. The summed E-state index contributed by atoms with van der Waals surface area (Å²) in [5, 5.41) is 7.34. The van der Waals surface area contributed by atoms with Gasteiger partial charge in [-0.05, 0) is 24.6 Å². The highest BCUT2D eigenvalue weighted by Crippen LogP contribution is 2.23. The van der Waals surface area contributed by atoms with Crippen LogP contribution in [-0.2, 0) is 11.3 Å². The molecule has 1 aromatic carbocycles. The normalized spacial score (nSPS) is 11.4. The minimum Gasteiger partial charge on any atom is -0.496 e. The van der Waals surface area contributed by atoms with Crippen LogP contribution in [0.2, 0.25) is 0 Å². The van der Waals surface area contributed by atoms with Gasteiger partial charge in [0, 0.05) is 24.2 Å². The SMILES string of the molecule is COc1ccc(C(=N)N)cc1COCCCC(F)(F)F. The largest absolute Gasteiger partial charge is 0.496 e. The number of ether oxygens (including phenoxy) is 2. The Morgan fingerprint density at radius 1 is 1.35 bits per heavy atom. The van der Waals surface area contributed by atoms with Gasteiger partial charge in [-0.25, -0.2) is 0 Å². The minimum atomic E-state index is -4.16. The number of alkyl halides is 3. The summed E-state index contributed by atoms with van der Waals surface area (Å²) in [5.41, 5.74) is 6.53. The van der Waals surface area contributed by atoms with E-state index in [-0.39, 0.29) is 25.5 Å². The maximum absolute atomic E-state index is 12.0. The molecule has 0 atom stereocenters. The summed E-state index contributed by atoms with van der Waals surface area (Å²) in [6.07, 6.45) is -5.11. The Balaban J connectivity index is 2.53. The zero-order valence-electron chi connectivity index (χ0n) is 11.1. The molecule has 0 bridgehead atoms. The van der Waals surface area contributed by atoms with Crippen LogP contribution < -0.4 is 10.5 Å². The van der Waals surface area contributed by atoms with E-state index in [9.17, 15) is 13.2 Å². The number of halogens is 3. The van der Waals surface area contributed by atoms with Crippen molar-refractivity contribution in [2.24, 2.45) is 5.73 Å². The summed E-state index contributed by atoms with van der Waals surface area (Å²) in [6, 6.07) is 4.91. The van der Waals surface area contributed by atoms with E-state index in [2.05, 4.69) is 0 Å². The molecule has 0 heterocycles. The second-order valence-electron chi connectivity index (χ2n) is 4.21. The molecule has 7 heteroatoms. The number of nitrogens with two attached hydrogens (primary N) is 1. The minimum absolute atomic E-state index is 0.00691. The molecule has 0 aliphatic heterocycles. The van der Waals surface area contributed by atoms with Crippen LogP contribution in [0, 0.1) is 5.41 Å². The molecule has 0 saturated carbocycles. The highest BCUT2D eigenvalue weighted by Gasteiger charge is 2.25. The van der Waals surface area contributed by atoms with E-state index in [1.54, 1.807) is 18.2 Å². The number of nitrogens with one attached hydrogen (secondary N) is 1. The van der Waals surface area contributed by atoms with Crippen LogP contribution in [0.5, 0.6) is 5.75 Å². The molecule has 3 N–H and O–H groups in total. The molecule has 0 aromatic heterocycles. The number of nitrogen functional groups attached to an aromatic ring is 1. The van der Waals surface area contributed by atoms with E-state index in [0.29, 0.717) is 16.9 Å². The van der Waals surface area contributed by atoms with Crippen molar-refractivity contribution >= 4 is 5.84 Å². The van der Waals surface area contributed by atoms with Gasteiger partial charge in [-0.3, -0.25) is 5.41 Å². The molecule has 20 heavy (non-hydrogen) atoms. The number of hydrogen-bond donors (Lipinski definition) is 2. The molecule has 0 saturated heterocycles. The lowest BCUT2D eigenvalue weighted by atomic mass is 10.1. The third-order valence-electron chi connectivity index (χ3n) is 2.60. The summed E-state index contributed by atoms with van der Waals surface area (Å²) < 4.78 is 46.2. The molecule has 0 amide bonds. The predicted molar refractivity (Wildman–Crippen MR) is 69.0 cm³/mol. The lowest BCUT2D eigenvalue weighted by molar-refractivity contribution is -0.138. The maximum Gasteiger partial charge on any atom is 0.389 e. The molecular weight excluding hydrogens is 273 g/mol. The van der Waals surface area contributed by atoms with E-state index < -0.39 is 12.6 Å². The fourth-order valence-corrected chi connectivity index (χ4v) is 1.62. The smallest absolute Gasteiger partial charge is 0.389 e. The van der Waals surface area contributed by atoms with Crippen molar-refractivity contribution in [2.45, 2.75) is 25.6 Å². The molecule has 0 unspecified atom stereocenters. The second kappa shape index (κ2) is 7.14. The number of benzene rings is 1. The van der Waals surface area contributed by atoms with Crippen LogP contribution >= 0.6 is 0 Å². The van der Waals surface area contributed by atoms with E-state index in [1.165, 1.54) is 7.11 Å². The van der Waals surface area contributed by atoms with Gasteiger partial charge < -0.3 is 15.2 Å². The van der Waals surface area contributed by atoms with Crippen molar-refractivity contribution in [1.82, 2.24) is 0 Å². The fraction of sp³-hybridized carbons (Fsp3) is 0.462. The molecule has 1 aromatic rings. The van der Waals surface area contributed by atoms with Crippen molar-refractivity contribution in [2.75, 3.05) is 13.7 Å². The Hall–Kier alpha value is -1.76. The summed E-state index contributed by atoms with van der Waals surface area (Å²) >= 11 is 0. The third-order valence-corrected chi connectivity index (χ3v) is 2.60. The van der Waals surface area contributed by atoms with Crippen LogP contribution in [-0.4, -0.2) is 25.7 Å². The lowest BCUT2D eigenvalue weighted by Crippen LogP contribution is -2.12. The molecule has 1 rings (SSSR count). The van der Waals surface area contributed by atoms with Crippen LogP contribution in [0.4, 0.5) is 13.2 Å². The van der Waals surface area contributed by atoms with E-state index >= 15 is 0 Å². The van der Waals surface area contributed by atoms with Crippen molar-refractivity contribution in [3.63, 3.8) is 0 Å². The van der Waals surface area contributed by atoms with Gasteiger partial charge in [0.15, 0.2) is 0 Å². The Morgan fingerprint density at radius 3 is 2.60 bits per heavy atom. The number of methoxy groups -OCH3 is 1. The fourth-order valence-electron chi connectivity index (χ4n) is 1.62. The zero-order valence-corrected chi connectivity index (χ0v) is 11.1. The monoisotopic (exact) mass is 290 g/mol. The van der Waals surface area contributed by atoms with Crippen molar-refractivity contribution in [3.05, 3.63) is 29.3 Å². The van der Waals surface area contributed by atoms with Crippen molar-refractivity contribution < 1.29 is 22.6 Å². The molecule has 112 valence electrons. The zero-order chi connectivity index (χ0) is 15.2. The van der Waals surface area contributed by atoms with Gasteiger partial charge in [-0.2, -0.15) is 13.2 Å². The highest BCUT2D eigenvalue weighted by atomic mass is 19.4. The van der Waals surface area contributed by atoms with Gasteiger partial charge in [0.25, 0.3) is 0 Å². The van der Waals surface area contributed by atoms with E-state index in [1.807, 2.05) is 0 Å². The Labute approximate surface area is 115 Å². The highest BCUT2D eigenvalue weighted by molar-refractivity contribution is 5.95. The standard InChI is InChI=1S/C13H17F3N2O2/c1-19-11-4-3-9(12(17)18)7-10(11)8-20-6-2-5-13(14,15)16/h3-4,7H,2,5-6,8H2,1H3,(H3,17,18). The first-order valence-electron chi connectivity index (χ1n) is 5.99. The van der Waals surface area contributed by atoms with Gasteiger partial charge in [-0.15, -0.1) is 0 Å². The molecule has 4 nitrogen and oxygen atoms in total. The van der Waals surface area contributed by atoms with Gasteiger partial charge in [-0.1, -0.05) is 0 Å². The first-order valence-corrected chi connectivity index (χ1v) is 5.99. The molecule has 0 spiro atoms. The van der Waals surface area contributed by atoms with Gasteiger partial charge >= 0.3 is 6.18 Å². The van der Waals surface area contributed by atoms with Crippen LogP contribution in [0.25, 0.3) is 0 Å². The summed E-state index contributed by atoms with van der Waals surface area (Å²) in [6.45, 7) is 0.120. The number of rotatable bonds is 7. The first-order chi connectivity index (χ1) is 9.33. The van der Waals surface area contributed by atoms with E-state index in [4.69, 9.17) is 20.6 Å². The first kappa shape index (κ1) is 16.3.